The summed E-state index contributed by atoms with van der Waals surface area (Å²) in [6.07, 6.45) is 3.94. The van der Waals surface area contributed by atoms with Gasteiger partial charge in [-0.15, -0.1) is 0 Å². The third-order valence-electron chi connectivity index (χ3n) is 4.06. The van der Waals surface area contributed by atoms with Gasteiger partial charge in [-0.05, 0) is 68.9 Å². The fourth-order valence-corrected chi connectivity index (χ4v) is 3.64. The van der Waals surface area contributed by atoms with Crippen LogP contribution >= 0.6 is 15.9 Å². The summed E-state index contributed by atoms with van der Waals surface area (Å²) >= 11 is 3.71. The molecule has 112 valence electrons. The number of piperidine rings is 1. The molecule has 1 aliphatic heterocycles. The van der Waals surface area contributed by atoms with Crippen LogP contribution in [0.5, 0.6) is 0 Å². The minimum Gasteiger partial charge on any atom is -0.316 e. The molecule has 1 saturated heterocycles. The lowest BCUT2D eigenvalue weighted by molar-refractivity contribution is 0.201. The van der Waals surface area contributed by atoms with Crippen LogP contribution in [0, 0.1) is 12.8 Å². The molecule has 0 spiro atoms. The molecule has 1 unspecified atom stereocenters. The van der Waals surface area contributed by atoms with Gasteiger partial charge < -0.3 is 5.32 Å². The zero-order valence-corrected chi connectivity index (χ0v) is 14.4. The number of benzene rings is 1. The Balaban J connectivity index is 1.96. The topological polar surface area (TPSA) is 15.3 Å². The number of rotatable bonds is 6. The van der Waals surface area contributed by atoms with Gasteiger partial charge >= 0.3 is 0 Å². The molecule has 0 aromatic heterocycles. The van der Waals surface area contributed by atoms with E-state index in [1.165, 1.54) is 61.0 Å². The molecule has 20 heavy (non-hydrogen) atoms. The van der Waals surface area contributed by atoms with Gasteiger partial charge in [0, 0.05) is 17.6 Å². The van der Waals surface area contributed by atoms with Crippen LogP contribution in [0.25, 0.3) is 0 Å². The molecule has 0 saturated carbocycles. The molecule has 1 fully saturated rings. The van der Waals surface area contributed by atoms with Gasteiger partial charge in [0.05, 0.1) is 0 Å². The summed E-state index contributed by atoms with van der Waals surface area (Å²) in [5, 5.41) is 3.53. The van der Waals surface area contributed by atoms with E-state index in [1.807, 2.05) is 0 Å². The molecule has 3 heteroatoms. The third kappa shape index (κ3) is 4.87. The van der Waals surface area contributed by atoms with Crippen LogP contribution in [0.2, 0.25) is 0 Å². The van der Waals surface area contributed by atoms with Crippen LogP contribution in [-0.4, -0.2) is 31.1 Å². The van der Waals surface area contributed by atoms with Crippen molar-refractivity contribution in [2.24, 2.45) is 5.92 Å². The maximum absolute atomic E-state index is 3.71. The number of nitrogens with zero attached hydrogens (tertiary/aromatic N) is 1. The lowest BCUT2D eigenvalue weighted by Crippen LogP contribution is -2.38. The standard InChI is InChI=1S/C17H27BrN2/c1-3-9-20(12-15-5-4-8-19-11-15)13-16-7-6-14(2)10-17(16)18/h6-7,10,15,19H,3-5,8-9,11-13H2,1-2H3. The highest BCUT2D eigenvalue weighted by Crippen LogP contribution is 2.21. The second-order valence-electron chi connectivity index (χ2n) is 6.04. The van der Waals surface area contributed by atoms with Crippen molar-refractivity contribution in [2.45, 2.75) is 39.7 Å². The number of hydrogen-bond acceptors (Lipinski definition) is 2. The van der Waals surface area contributed by atoms with E-state index < -0.39 is 0 Å². The lowest BCUT2D eigenvalue weighted by atomic mass is 9.98. The van der Waals surface area contributed by atoms with Crippen molar-refractivity contribution < 1.29 is 0 Å². The minimum absolute atomic E-state index is 0.819. The van der Waals surface area contributed by atoms with Crippen LogP contribution < -0.4 is 5.32 Å². The molecular formula is C17H27BrN2. The normalized spacial score (nSPS) is 19.5. The Bertz CT molecular complexity index is 413. The van der Waals surface area contributed by atoms with E-state index in [4.69, 9.17) is 0 Å². The number of nitrogens with one attached hydrogen (secondary N) is 1. The van der Waals surface area contributed by atoms with Gasteiger partial charge in [-0.25, -0.2) is 0 Å². The smallest absolute Gasteiger partial charge is 0.0245 e. The average Bonchev–Trinajstić information content (AvgIpc) is 2.43. The van der Waals surface area contributed by atoms with Gasteiger partial charge in [-0.1, -0.05) is 35.0 Å². The monoisotopic (exact) mass is 338 g/mol. The Labute approximate surface area is 132 Å². The molecule has 1 heterocycles. The van der Waals surface area contributed by atoms with Gasteiger partial charge in [-0.3, -0.25) is 4.90 Å². The van der Waals surface area contributed by atoms with E-state index in [9.17, 15) is 0 Å². The summed E-state index contributed by atoms with van der Waals surface area (Å²) in [7, 11) is 0. The van der Waals surface area contributed by atoms with E-state index in [2.05, 4.69) is 58.2 Å². The summed E-state index contributed by atoms with van der Waals surface area (Å²) in [4.78, 5) is 2.62. The Kier molecular flexibility index (Phi) is 6.53. The first kappa shape index (κ1) is 16.0. The summed E-state index contributed by atoms with van der Waals surface area (Å²) in [5.41, 5.74) is 2.73. The van der Waals surface area contributed by atoms with Crippen molar-refractivity contribution in [3.05, 3.63) is 33.8 Å². The van der Waals surface area contributed by atoms with E-state index in [-0.39, 0.29) is 0 Å². The largest absolute Gasteiger partial charge is 0.316 e. The minimum atomic E-state index is 0.819. The summed E-state index contributed by atoms with van der Waals surface area (Å²) in [6.45, 7) is 10.3. The maximum Gasteiger partial charge on any atom is 0.0245 e. The summed E-state index contributed by atoms with van der Waals surface area (Å²) < 4.78 is 1.25. The molecule has 1 aromatic rings. The van der Waals surface area contributed by atoms with Crippen molar-refractivity contribution in [1.29, 1.82) is 0 Å². The molecule has 0 amide bonds. The Morgan fingerprint density at radius 1 is 1.40 bits per heavy atom. The highest BCUT2D eigenvalue weighted by Gasteiger charge is 2.17. The molecule has 2 nitrogen and oxygen atoms in total. The number of aryl methyl sites for hydroxylation is 1. The van der Waals surface area contributed by atoms with Crippen LogP contribution in [0.1, 0.15) is 37.3 Å². The van der Waals surface area contributed by atoms with Crippen molar-refractivity contribution in [2.75, 3.05) is 26.2 Å². The Morgan fingerprint density at radius 3 is 2.90 bits per heavy atom. The van der Waals surface area contributed by atoms with Gasteiger partial charge in [0.1, 0.15) is 0 Å². The van der Waals surface area contributed by atoms with Crippen molar-refractivity contribution in [3.63, 3.8) is 0 Å². The third-order valence-corrected chi connectivity index (χ3v) is 4.80. The SMILES string of the molecule is CCCN(Cc1ccc(C)cc1Br)CC1CCCNC1. The van der Waals surface area contributed by atoms with Crippen LogP contribution in [0.15, 0.2) is 22.7 Å². The quantitative estimate of drug-likeness (QED) is 0.844. The first-order chi connectivity index (χ1) is 9.69. The zero-order chi connectivity index (χ0) is 14.4. The van der Waals surface area contributed by atoms with Gasteiger partial charge in [0.2, 0.25) is 0 Å². The molecule has 0 aliphatic carbocycles. The highest BCUT2D eigenvalue weighted by atomic mass is 79.9. The first-order valence-electron chi connectivity index (χ1n) is 7.87. The van der Waals surface area contributed by atoms with Gasteiger partial charge in [0.25, 0.3) is 0 Å². The predicted molar refractivity (Wildman–Crippen MR) is 90.0 cm³/mol. The molecular weight excluding hydrogens is 312 g/mol. The van der Waals surface area contributed by atoms with Crippen molar-refractivity contribution >= 4 is 15.9 Å². The average molecular weight is 339 g/mol. The second-order valence-corrected chi connectivity index (χ2v) is 6.90. The van der Waals surface area contributed by atoms with Crippen molar-refractivity contribution in [3.8, 4) is 0 Å². The van der Waals surface area contributed by atoms with Crippen LogP contribution in [0.3, 0.4) is 0 Å². The van der Waals surface area contributed by atoms with E-state index in [0.717, 1.165) is 12.5 Å². The van der Waals surface area contributed by atoms with Gasteiger partial charge in [0.15, 0.2) is 0 Å². The van der Waals surface area contributed by atoms with E-state index in [1.54, 1.807) is 0 Å². The predicted octanol–water partition coefficient (Wildman–Crippen LogP) is 3.97. The van der Waals surface area contributed by atoms with E-state index in [0.29, 0.717) is 0 Å². The van der Waals surface area contributed by atoms with Crippen molar-refractivity contribution in [1.82, 2.24) is 10.2 Å². The van der Waals surface area contributed by atoms with Gasteiger partial charge in [-0.2, -0.15) is 0 Å². The van der Waals surface area contributed by atoms with E-state index >= 15 is 0 Å². The Morgan fingerprint density at radius 2 is 2.25 bits per heavy atom. The lowest BCUT2D eigenvalue weighted by Gasteiger charge is -2.30. The van der Waals surface area contributed by atoms with Crippen LogP contribution in [0.4, 0.5) is 0 Å². The van der Waals surface area contributed by atoms with Crippen LogP contribution in [-0.2, 0) is 6.54 Å². The number of halogens is 1. The molecule has 1 aliphatic rings. The highest BCUT2D eigenvalue weighted by molar-refractivity contribution is 9.10. The molecule has 0 bridgehead atoms. The fraction of sp³-hybridized carbons (Fsp3) is 0.647. The second kappa shape index (κ2) is 8.16. The molecule has 2 rings (SSSR count). The summed E-state index contributed by atoms with van der Waals surface area (Å²) in [6, 6.07) is 6.70. The Hall–Kier alpha value is -0.380. The molecule has 1 aromatic carbocycles. The zero-order valence-electron chi connectivity index (χ0n) is 12.8. The summed E-state index contributed by atoms with van der Waals surface area (Å²) in [5.74, 6) is 0.819. The first-order valence-corrected chi connectivity index (χ1v) is 8.66. The number of hydrogen-bond donors (Lipinski definition) is 1. The molecule has 0 radical (unpaired) electrons. The molecule has 1 N–H and O–H groups in total. The fourth-order valence-electron chi connectivity index (χ4n) is 3.02. The molecule has 1 atom stereocenters. The maximum atomic E-state index is 3.71.